The lowest BCUT2D eigenvalue weighted by molar-refractivity contribution is 0.533. The molecular formula is C10H16NP. The van der Waals surface area contributed by atoms with E-state index in [0.717, 1.165) is 0 Å². The molecule has 0 aliphatic carbocycles. The highest BCUT2D eigenvalue weighted by atomic mass is 31.1. The van der Waals surface area contributed by atoms with E-state index in [1.54, 1.807) is 0 Å². The van der Waals surface area contributed by atoms with Crippen LogP contribution in [0.25, 0.3) is 0 Å². The van der Waals surface area contributed by atoms with Crippen LogP contribution in [0.5, 0.6) is 0 Å². The van der Waals surface area contributed by atoms with Crippen LogP contribution in [-0.2, 0) is 0 Å². The van der Waals surface area contributed by atoms with Gasteiger partial charge in [0.15, 0.2) is 0 Å². The second-order valence-electron chi connectivity index (χ2n) is 3.87. The summed E-state index contributed by atoms with van der Waals surface area (Å²) >= 11 is 0. The maximum Gasteiger partial charge on any atom is 0.0133 e. The van der Waals surface area contributed by atoms with Crippen LogP contribution in [0.4, 0.5) is 0 Å². The smallest absolute Gasteiger partial charge is 0.0133 e. The van der Waals surface area contributed by atoms with Crippen molar-refractivity contribution >= 4 is 14.0 Å². The molecule has 0 radical (unpaired) electrons. The van der Waals surface area contributed by atoms with Crippen LogP contribution < -0.4 is 10.4 Å². The fourth-order valence-electron chi connectivity index (χ4n) is 0.781. The molecule has 0 aliphatic heterocycles. The van der Waals surface area contributed by atoms with Crippen molar-refractivity contribution in [1.29, 1.82) is 0 Å². The van der Waals surface area contributed by atoms with E-state index in [4.69, 9.17) is 0 Å². The molecule has 1 rings (SSSR count). The number of hydrogen-bond donors (Lipinski definition) is 1. The van der Waals surface area contributed by atoms with Gasteiger partial charge in [-0.25, -0.2) is 0 Å². The van der Waals surface area contributed by atoms with Crippen molar-refractivity contribution in [3.05, 3.63) is 30.3 Å². The van der Waals surface area contributed by atoms with E-state index in [9.17, 15) is 0 Å². The first-order valence-electron chi connectivity index (χ1n) is 4.16. The largest absolute Gasteiger partial charge is 0.290 e. The van der Waals surface area contributed by atoms with Crippen molar-refractivity contribution in [2.75, 3.05) is 0 Å². The van der Waals surface area contributed by atoms with Gasteiger partial charge in [-0.3, -0.25) is 5.09 Å². The molecule has 1 aromatic rings. The number of benzene rings is 1. The first kappa shape index (κ1) is 9.70. The average molecular weight is 181 g/mol. The summed E-state index contributed by atoms with van der Waals surface area (Å²) in [5, 5.41) is 4.83. The Bertz CT molecular complexity index is 225. The molecule has 0 amide bonds. The molecule has 66 valence electrons. The van der Waals surface area contributed by atoms with E-state index in [0.29, 0.717) is 8.73 Å². The number of rotatable bonds is 2. The molecule has 1 N–H and O–H groups in total. The highest BCUT2D eigenvalue weighted by Gasteiger charge is 2.07. The molecular weight excluding hydrogens is 165 g/mol. The quantitative estimate of drug-likeness (QED) is 0.690. The normalized spacial score (nSPS) is 12.6. The maximum atomic E-state index is 3.47. The van der Waals surface area contributed by atoms with Gasteiger partial charge in [-0.2, -0.15) is 0 Å². The lowest BCUT2D eigenvalue weighted by Gasteiger charge is -2.20. The van der Waals surface area contributed by atoms with Crippen LogP contribution in [-0.4, -0.2) is 5.54 Å². The van der Waals surface area contributed by atoms with Crippen LogP contribution in [0.1, 0.15) is 20.8 Å². The van der Waals surface area contributed by atoms with Crippen LogP contribution in [0.15, 0.2) is 30.3 Å². The Morgan fingerprint density at radius 2 is 1.67 bits per heavy atom. The lowest BCUT2D eigenvalue weighted by atomic mass is 10.1. The lowest BCUT2D eigenvalue weighted by Crippen LogP contribution is -2.30. The van der Waals surface area contributed by atoms with Crippen molar-refractivity contribution in [3.8, 4) is 0 Å². The van der Waals surface area contributed by atoms with Crippen LogP contribution in [0, 0.1) is 0 Å². The topological polar surface area (TPSA) is 12.0 Å². The van der Waals surface area contributed by atoms with Gasteiger partial charge in [0.2, 0.25) is 0 Å². The molecule has 0 aromatic heterocycles. The van der Waals surface area contributed by atoms with Gasteiger partial charge < -0.3 is 0 Å². The van der Waals surface area contributed by atoms with Gasteiger partial charge in [-0.05, 0) is 34.8 Å². The van der Waals surface area contributed by atoms with Crippen LogP contribution in [0.2, 0.25) is 0 Å². The summed E-state index contributed by atoms with van der Waals surface area (Å²) in [6, 6.07) is 10.5. The minimum Gasteiger partial charge on any atom is -0.290 e. The Labute approximate surface area is 76.4 Å². The highest BCUT2D eigenvalue weighted by Crippen LogP contribution is 2.11. The molecule has 0 fully saturated rings. The fourth-order valence-corrected chi connectivity index (χ4v) is 1.66. The summed E-state index contributed by atoms with van der Waals surface area (Å²) in [6.07, 6.45) is 0. The first-order chi connectivity index (χ1) is 5.58. The Morgan fingerprint density at radius 1 is 1.08 bits per heavy atom. The molecule has 0 bridgehead atoms. The van der Waals surface area contributed by atoms with Crippen molar-refractivity contribution in [1.82, 2.24) is 5.09 Å². The molecule has 1 unspecified atom stereocenters. The third-order valence-corrected chi connectivity index (χ3v) is 2.85. The molecule has 0 spiro atoms. The predicted octanol–water partition coefficient (Wildman–Crippen LogP) is 2.29. The highest BCUT2D eigenvalue weighted by molar-refractivity contribution is 7.45. The van der Waals surface area contributed by atoms with Gasteiger partial charge in [-0.15, -0.1) is 0 Å². The fraction of sp³-hybridized carbons (Fsp3) is 0.400. The Hall–Kier alpha value is -0.390. The molecule has 12 heavy (non-hydrogen) atoms. The molecule has 0 heterocycles. The first-order valence-corrected chi connectivity index (χ1v) is 5.16. The molecule has 2 heteroatoms. The zero-order valence-electron chi connectivity index (χ0n) is 7.89. The second-order valence-corrected chi connectivity index (χ2v) is 4.94. The summed E-state index contributed by atoms with van der Waals surface area (Å²) in [6.45, 7) is 6.55. The Balaban J connectivity index is 2.44. The van der Waals surface area contributed by atoms with E-state index in [1.807, 2.05) is 6.07 Å². The van der Waals surface area contributed by atoms with Gasteiger partial charge in [0.1, 0.15) is 0 Å². The standard InChI is InChI=1S/C10H16NP/c1-10(2,3)11-12-9-7-5-4-6-8-9/h4-8,11-12H,1-3H3. The average Bonchev–Trinajstić information content (AvgIpc) is 2.02. The summed E-state index contributed by atoms with van der Waals surface area (Å²) in [5.41, 5.74) is 0.217. The summed E-state index contributed by atoms with van der Waals surface area (Å²) in [7, 11) is 0.706. The summed E-state index contributed by atoms with van der Waals surface area (Å²) in [5.74, 6) is 0. The molecule has 1 atom stereocenters. The van der Waals surface area contributed by atoms with Crippen molar-refractivity contribution in [2.45, 2.75) is 26.3 Å². The van der Waals surface area contributed by atoms with Crippen molar-refractivity contribution < 1.29 is 0 Å². The van der Waals surface area contributed by atoms with E-state index in [1.165, 1.54) is 5.30 Å². The third-order valence-electron chi connectivity index (χ3n) is 1.36. The Kier molecular flexibility index (Phi) is 3.25. The van der Waals surface area contributed by atoms with E-state index in [2.05, 4.69) is 50.1 Å². The molecule has 1 aromatic carbocycles. The van der Waals surface area contributed by atoms with Gasteiger partial charge in [0.25, 0.3) is 0 Å². The molecule has 0 saturated carbocycles. The molecule has 0 aliphatic rings. The molecule has 0 saturated heterocycles. The maximum absolute atomic E-state index is 3.47. The third kappa shape index (κ3) is 3.85. The van der Waals surface area contributed by atoms with E-state index >= 15 is 0 Å². The zero-order valence-corrected chi connectivity index (χ0v) is 8.89. The van der Waals surface area contributed by atoms with Gasteiger partial charge in [0, 0.05) is 5.54 Å². The van der Waals surface area contributed by atoms with Gasteiger partial charge in [0.05, 0.1) is 0 Å². The number of nitrogens with one attached hydrogen (secondary N) is 1. The minimum absolute atomic E-state index is 0.217. The summed E-state index contributed by atoms with van der Waals surface area (Å²) in [4.78, 5) is 0. The van der Waals surface area contributed by atoms with Crippen LogP contribution in [0.3, 0.4) is 0 Å². The second kappa shape index (κ2) is 4.02. The molecule has 1 nitrogen and oxygen atoms in total. The van der Waals surface area contributed by atoms with Crippen molar-refractivity contribution in [3.63, 3.8) is 0 Å². The predicted molar refractivity (Wildman–Crippen MR) is 57.3 cm³/mol. The van der Waals surface area contributed by atoms with Gasteiger partial charge in [-0.1, -0.05) is 30.3 Å². The van der Waals surface area contributed by atoms with Crippen molar-refractivity contribution in [2.24, 2.45) is 0 Å². The van der Waals surface area contributed by atoms with Gasteiger partial charge >= 0.3 is 0 Å². The number of hydrogen-bond acceptors (Lipinski definition) is 1. The van der Waals surface area contributed by atoms with E-state index < -0.39 is 0 Å². The summed E-state index contributed by atoms with van der Waals surface area (Å²) < 4.78 is 0. The zero-order chi connectivity index (χ0) is 9.03. The van der Waals surface area contributed by atoms with E-state index in [-0.39, 0.29) is 5.54 Å². The Morgan fingerprint density at radius 3 is 2.17 bits per heavy atom. The van der Waals surface area contributed by atoms with Crippen LogP contribution >= 0.6 is 8.73 Å². The monoisotopic (exact) mass is 181 g/mol. The minimum atomic E-state index is 0.217. The SMILES string of the molecule is CC(C)(C)NPc1ccccc1.